The Morgan fingerprint density at radius 2 is 2.56 bits per heavy atom. The van der Waals surface area contributed by atoms with Gasteiger partial charge in [0.2, 0.25) is 0 Å². The second-order valence-electron chi connectivity index (χ2n) is 4.63. The number of aliphatic hydroxyl groups is 1. The van der Waals surface area contributed by atoms with Crippen molar-refractivity contribution in [2.24, 2.45) is 0 Å². The molecule has 0 aromatic carbocycles. The molecule has 0 radical (unpaired) electrons. The zero-order valence-electron chi connectivity index (χ0n) is 10.7. The van der Waals surface area contributed by atoms with Crippen LogP contribution in [0.4, 0.5) is 0 Å². The van der Waals surface area contributed by atoms with Crippen LogP contribution in [-0.4, -0.2) is 43.1 Å². The van der Waals surface area contributed by atoms with Gasteiger partial charge in [0.15, 0.2) is 0 Å². The van der Waals surface area contributed by atoms with Crippen molar-refractivity contribution in [3.05, 3.63) is 22.4 Å². The van der Waals surface area contributed by atoms with E-state index >= 15 is 0 Å². The van der Waals surface area contributed by atoms with Crippen LogP contribution >= 0.6 is 11.3 Å². The topological polar surface area (TPSA) is 50.7 Å². The minimum atomic E-state index is -0.460. The predicted octanol–water partition coefficient (Wildman–Crippen LogP) is 1.39. The summed E-state index contributed by atoms with van der Waals surface area (Å²) in [5, 5.41) is 15.1. The van der Waals surface area contributed by atoms with Gasteiger partial charge in [-0.05, 0) is 24.8 Å². The highest BCUT2D eigenvalue weighted by Crippen LogP contribution is 2.12. The van der Waals surface area contributed by atoms with Gasteiger partial charge in [-0.3, -0.25) is 0 Å². The molecule has 2 rings (SSSR count). The maximum Gasteiger partial charge on any atom is 0.0897 e. The Hall–Kier alpha value is -0.460. The summed E-state index contributed by atoms with van der Waals surface area (Å²) in [7, 11) is 0. The molecule has 5 heteroatoms. The summed E-state index contributed by atoms with van der Waals surface area (Å²) in [6.45, 7) is 4.38. The first-order chi connectivity index (χ1) is 8.75. The van der Waals surface area contributed by atoms with Gasteiger partial charge in [0, 0.05) is 24.1 Å². The molecule has 18 heavy (non-hydrogen) atoms. The number of ether oxygens (including phenoxy) is 2. The van der Waals surface area contributed by atoms with Crippen molar-refractivity contribution in [1.29, 1.82) is 0 Å². The van der Waals surface area contributed by atoms with Gasteiger partial charge < -0.3 is 19.9 Å². The third-order valence-electron chi connectivity index (χ3n) is 3.13. The SMILES string of the molecule is CC1OCCC1NCC(O)COCc1cccs1. The van der Waals surface area contributed by atoms with Gasteiger partial charge in [0.1, 0.15) is 0 Å². The normalized spacial score (nSPS) is 25.4. The molecule has 3 unspecified atom stereocenters. The summed E-state index contributed by atoms with van der Waals surface area (Å²) in [6.07, 6.45) is 0.797. The van der Waals surface area contributed by atoms with Crippen LogP contribution in [-0.2, 0) is 16.1 Å². The minimum Gasteiger partial charge on any atom is -0.389 e. The summed E-state index contributed by atoms with van der Waals surface area (Å²) in [4.78, 5) is 1.19. The van der Waals surface area contributed by atoms with E-state index in [-0.39, 0.29) is 6.10 Å². The first-order valence-corrected chi connectivity index (χ1v) is 7.27. The van der Waals surface area contributed by atoms with Crippen molar-refractivity contribution in [1.82, 2.24) is 5.32 Å². The monoisotopic (exact) mass is 271 g/mol. The molecule has 4 nitrogen and oxygen atoms in total. The standard InChI is InChI=1S/C13H21NO3S/c1-10-13(4-5-17-10)14-7-11(15)8-16-9-12-3-2-6-18-12/h2-3,6,10-11,13-15H,4-5,7-9H2,1H3. The maximum absolute atomic E-state index is 9.80. The molecule has 102 valence electrons. The van der Waals surface area contributed by atoms with Gasteiger partial charge in [0.25, 0.3) is 0 Å². The van der Waals surface area contributed by atoms with E-state index in [1.165, 1.54) is 4.88 Å². The molecule has 1 aromatic heterocycles. The molecule has 1 aliphatic rings. The first-order valence-electron chi connectivity index (χ1n) is 6.39. The van der Waals surface area contributed by atoms with E-state index in [4.69, 9.17) is 9.47 Å². The molecule has 3 atom stereocenters. The minimum absolute atomic E-state index is 0.240. The molecule has 1 aliphatic heterocycles. The molecule has 2 N–H and O–H groups in total. The molecule has 0 spiro atoms. The average Bonchev–Trinajstić information content (AvgIpc) is 2.98. The van der Waals surface area contributed by atoms with E-state index in [1.54, 1.807) is 11.3 Å². The summed E-state index contributed by atoms with van der Waals surface area (Å²) in [6, 6.07) is 4.40. The lowest BCUT2D eigenvalue weighted by atomic mass is 10.1. The van der Waals surface area contributed by atoms with E-state index < -0.39 is 6.10 Å². The number of thiophene rings is 1. The molecule has 0 bridgehead atoms. The lowest BCUT2D eigenvalue weighted by Gasteiger charge is -2.18. The van der Waals surface area contributed by atoms with E-state index in [0.29, 0.717) is 25.8 Å². The highest BCUT2D eigenvalue weighted by molar-refractivity contribution is 7.09. The van der Waals surface area contributed by atoms with Gasteiger partial charge in [-0.1, -0.05) is 6.07 Å². The Bertz CT molecular complexity index is 331. The summed E-state index contributed by atoms with van der Waals surface area (Å²) < 4.78 is 10.9. The second kappa shape index (κ2) is 7.21. The smallest absolute Gasteiger partial charge is 0.0897 e. The number of rotatable bonds is 7. The Morgan fingerprint density at radius 3 is 3.22 bits per heavy atom. The van der Waals surface area contributed by atoms with Crippen LogP contribution < -0.4 is 5.32 Å². The molecule has 0 aliphatic carbocycles. The lowest BCUT2D eigenvalue weighted by Crippen LogP contribution is -2.40. The van der Waals surface area contributed by atoms with Crippen molar-refractivity contribution in [2.75, 3.05) is 19.8 Å². The Morgan fingerprint density at radius 1 is 1.67 bits per heavy atom. The zero-order chi connectivity index (χ0) is 12.8. The number of nitrogens with one attached hydrogen (secondary N) is 1. The fraction of sp³-hybridized carbons (Fsp3) is 0.692. The largest absolute Gasteiger partial charge is 0.389 e. The van der Waals surface area contributed by atoms with Crippen LogP contribution in [0, 0.1) is 0 Å². The van der Waals surface area contributed by atoms with E-state index in [2.05, 4.69) is 12.2 Å². The van der Waals surface area contributed by atoms with Gasteiger partial charge in [-0.15, -0.1) is 11.3 Å². The van der Waals surface area contributed by atoms with Crippen LogP contribution in [0.15, 0.2) is 17.5 Å². The van der Waals surface area contributed by atoms with E-state index in [1.807, 2.05) is 17.5 Å². The molecule has 1 aromatic rings. The van der Waals surface area contributed by atoms with Crippen molar-refractivity contribution >= 4 is 11.3 Å². The highest BCUT2D eigenvalue weighted by Gasteiger charge is 2.23. The van der Waals surface area contributed by atoms with Crippen LogP contribution in [0.5, 0.6) is 0 Å². The third-order valence-corrected chi connectivity index (χ3v) is 3.98. The maximum atomic E-state index is 9.80. The lowest BCUT2D eigenvalue weighted by molar-refractivity contribution is 0.0268. The van der Waals surface area contributed by atoms with Crippen molar-refractivity contribution in [3.63, 3.8) is 0 Å². The molecule has 0 saturated carbocycles. The number of hydrogen-bond donors (Lipinski definition) is 2. The van der Waals surface area contributed by atoms with E-state index in [0.717, 1.165) is 13.0 Å². The van der Waals surface area contributed by atoms with Crippen molar-refractivity contribution < 1.29 is 14.6 Å². The van der Waals surface area contributed by atoms with Crippen molar-refractivity contribution in [3.8, 4) is 0 Å². The molecular weight excluding hydrogens is 250 g/mol. The fourth-order valence-electron chi connectivity index (χ4n) is 2.04. The van der Waals surface area contributed by atoms with Gasteiger partial charge in [-0.2, -0.15) is 0 Å². The van der Waals surface area contributed by atoms with Crippen LogP contribution in [0.3, 0.4) is 0 Å². The average molecular weight is 271 g/mol. The molecule has 0 amide bonds. The van der Waals surface area contributed by atoms with Gasteiger partial charge >= 0.3 is 0 Å². The van der Waals surface area contributed by atoms with Gasteiger partial charge in [-0.25, -0.2) is 0 Å². The summed E-state index contributed by atoms with van der Waals surface area (Å²) >= 11 is 1.67. The predicted molar refractivity (Wildman–Crippen MR) is 71.8 cm³/mol. The van der Waals surface area contributed by atoms with Gasteiger partial charge in [0.05, 0.1) is 25.4 Å². The molecule has 2 heterocycles. The number of aliphatic hydroxyl groups excluding tert-OH is 1. The third kappa shape index (κ3) is 4.33. The summed E-state index contributed by atoms with van der Waals surface area (Å²) in [5.41, 5.74) is 0. The van der Waals surface area contributed by atoms with Crippen LogP contribution in [0.25, 0.3) is 0 Å². The Kier molecular flexibility index (Phi) is 5.59. The zero-order valence-corrected chi connectivity index (χ0v) is 11.5. The molecule has 1 saturated heterocycles. The Balaban J connectivity index is 1.56. The Labute approximate surface area is 112 Å². The van der Waals surface area contributed by atoms with Crippen molar-refractivity contribution in [2.45, 2.75) is 38.2 Å². The van der Waals surface area contributed by atoms with E-state index in [9.17, 15) is 5.11 Å². The first kappa shape index (κ1) is 14.0. The fourth-order valence-corrected chi connectivity index (χ4v) is 2.68. The van der Waals surface area contributed by atoms with Crippen LogP contribution in [0.2, 0.25) is 0 Å². The quantitative estimate of drug-likeness (QED) is 0.787. The highest BCUT2D eigenvalue weighted by atomic mass is 32.1. The van der Waals surface area contributed by atoms with Crippen LogP contribution in [0.1, 0.15) is 18.2 Å². The molecule has 1 fully saturated rings. The molecular formula is C13H21NO3S. The second-order valence-corrected chi connectivity index (χ2v) is 5.66. The number of hydrogen-bond acceptors (Lipinski definition) is 5. The summed E-state index contributed by atoms with van der Waals surface area (Å²) in [5.74, 6) is 0.